The lowest BCUT2D eigenvalue weighted by atomic mass is 10.1. The van der Waals surface area contributed by atoms with E-state index in [-0.39, 0.29) is 5.91 Å². The highest BCUT2D eigenvalue weighted by molar-refractivity contribution is 6.30. The van der Waals surface area contributed by atoms with Crippen molar-refractivity contribution < 1.29 is 9.53 Å². The molecule has 3 rings (SSSR count). The fourth-order valence-electron chi connectivity index (χ4n) is 1.97. The van der Waals surface area contributed by atoms with Crippen molar-refractivity contribution in [3.63, 3.8) is 0 Å². The number of amides is 1. The standard InChI is InChI=1S/C14H11ClN2O2/c15-12-3-4-16-13(6-12)17-14(18)9-1-2-10-7-19-8-11(10)5-9/h1-6H,7-8H2,(H,16,17,18). The van der Waals surface area contributed by atoms with Gasteiger partial charge in [-0.25, -0.2) is 4.98 Å². The third-order valence-corrected chi connectivity index (χ3v) is 3.18. The average Bonchev–Trinajstić information content (AvgIpc) is 2.85. The van der Waals surface area contributed by atoms with Gasteiger partial charge in [0.2, 0.25) is 0 Å². The third kappa shape index (κ3) is 2.59. The van der Waals surface area contributed by atoms with Crippen LogP contribution in [0.4, 0.5) is 5.82 Å². The maximum Gasteiger partial charge on any atom is 0.256 e. The Morgan fingerprint density at radius 3 is 2.89 bits per heavy atom. The number of anilines is 1. The zero-order valence-electron chi connectivity index (χ0n) is 10.0. The van der Waals surface area contributed by atoms with Crippen molar-refractivity contribution in [2.75, 3.05) is 5.32 Å². The summed E-state index contributed by atoms with van der Waals surface area (Å²) in [4.78, 5) is 16.1. The maximum atomic E-state index is 12.1. The molecule has 5 heteroatoms. The van der Waals surface area contributed by atoms with E-state index in [2.05, 4.69) is 10.3 Å². The molecule has 2 aromatic rings. The molecular formula is C14H11ClN2O2. The Balaban J connectivity index is 1.81. The van der Waals surface area contributed by atoms with Crippen molar-refractivity contribution in [1.82, 2.24) is 4.98 Å². The van der Waals surface area contributed by atoms with Crippen LogP contribution in [0.3, 0.4) is 0 Å². The number of hydrogen-bond acceptors (Lipinski definition) is 3. The Labute approximate surface area is 115 Å². The van der Waals surface area contributed by atoms with Crippen LogP contribution in [0.25, 0.3) is 0 Å². The maximum absolute atomic E-state index is 12.1. The first-order valence-corrected chi connectivity index (χ1v) is 6.22. The smallest absolute Gasteiger partial charge is 0.256 e. The highest BCUT2D eigenvalue weighted by atomic mass is 35.5. The van der Waals surface area contributed by atoms with Crippen LogP contribution in [0.5, 0.6) is 0 Å². The molecule has 0 aliphatic carbocycles. The number of ether oxygens (including phenoxy) is 1. The average molecular weight is 275 g/mol. The van der Waals surface area contributed by atoms with E-state index in [1.54, 1.807) is 24.4 Å². The van der Waals surface area contributed by atoms with E-state index >= 15 is 0 Å². The van der Waals surface area contributed by atoms with E-state index < -0.39 is 0 Å². The van der Waals surface area contributed by atoms with E-state index in [0.29, 0.717) is 29.6 Å². The fourth-order valence-corrected chi connectivity index (χ4v) is 2.13. The van der Waals surface area contributed by atoms with Gasteiger partial charge in [0.25, 0.3) is 5.91 Å². The van der Waals surface area contributed by atoms with E-state index in [0.717, 1.165) is 11.1 Å². The van der Waals surface area contributed by atoms with E-state index in [1.165, 1.54) is 0 Å². The van der Waals surface area contributed by atoms with Gasteiger partial charge in [0.1, 0.15) is 5.82 Å². The Morgan fingerprint density at radius 2 is 2.05 bits per heavy atom. The highest BCUT2D eigenvalue weighted by Gasteiger charge is 2.14. The van der Waals surface area contributed by atoms with Crippen molar-refractivity contribution in [3.05, 3.63) is 58.2 Å². The van der Waals surface area contributed by atoms with Crippen molar-refractivity contribution in [2.24, 2.45) is 0 Å². The van der Waals surface area contributed by atoms with Crippen molar-refractivity contribution >= 4 is 23.3 Å². The molecule has 1 aliphatic rings. The second kappa shape index (κ2) is 4.99. The van der Waals surface area contributed by atoms with Crippen LogP contribution >= 0.6 is 11.6 Å². The molecule has 0 atom stereocenters. The molecule has 0 saturated carbocycles. The van der Waals surface area contributed by atoms with Gasteiger partial charge in [-0.15, -0.1) is 0 Å². The van der Waals surface area contributed by atoms with Gasteiger partial charge in [-0.05, 0) is 35.4 Å². The summed E-state index contributed by atoms with van der Waals surface area (Å²) in [5.41, 5.74) is 2.79. The number of halogens is 1. The molecule has 0 spiro atoms. The normalized spacial score (nSPS) is 13.1. The molecule has 1 aromatic heterocycles. The zero-order valence-corrected chi connectivity index (χ0v) is 10.8. The molecule has 0 unspecified atom stereocenters. The molecule has 1 aromatic carbocycles. The van der Waals surface area contributed by atoms with Crippen LogP contribution in [-0.2, 0) is 18.0 Å². The lowest BCUT2D eigenvalue weighted by Crippen LogP contribution is -2.13. The second-order valence-electron chi connectivity index (χ2n) is 4.29. The van der Waals surface area contributed by atoms with Gasteiger partial charge in [-0.2, -0.15) is 0 Å². The molecule has 1 N–H and O–H groups in total. The van der Waals surface area contributed by atoms with Crippen molar-refractivity contribution in [3.8, 4) is 0 Å². The third-order valence-electron chi connectivity index (χ3n) is 2.95. The van der Waals surface area contributed by atoms with E-state index in [4.69, 9.17) is 16.3 Å². The number of aromatic nitrogens is 1. The van der Waals surface area contributed by atoms with Crippen LogP contribution in [0.1, 0.15) is 21.5 Å². The summed E-state index contributed by atoms with van der Waals surface area (Å²) in [6.07, 6.45) is 1.55. The molecule has 0 radical (unpaired) electrons. The quantitative estimate of drug-likeness (QED) is 0.916. The number of nitrogens with one attached hydrogen (secondary N) is 1. The van der Waals surface area contributed by atoms with Gasteiger partial charge in [-0.3, -0.25) is 4.79 Å². The lowest BCUT2D eigenvalue weighted by Gasteiger charge is -2.06. The summed E-state index contributed by atoms with van der Waals surface area (Å²) < 4.78 is 5.32. The summed E-state index contributed by atoms with van der Waals surface area (Å²) in [5.74, 6) is 0.235. The fraction of sp³-hybridized carbons (Fsp3) is 0.143. The first-order valence-electron chi connectivity index (χ1n) is 5.85. The van der Waals surface area contributed by atoms with Gasteiger partial charge < -0.3 is 10.1 Å². The molecule has 19 heavy (non-hydrogen) atoms. The largest absolute Gasteiger partial charge is 0.372 e. The van der Waals surface area contributed by atoms with Crippen LogP contribution in [0, 0.1) is 0 Å². The van der Waals surface area contributed by atoms with Gasteiger partial charge in [0, 0.05) is 16.8 Å². The van der Waals surface area contributed by atoms with Crippen LogP contribution in [-0.4, -0.2) is 10.9 Å². The van der Waals surface area contributed by atoms with Crippen LogP contribution in [0.2, 0.25) is 5.02 Å². The van der Waals surface area contributed by atoms with Crippen molar-refractivity contribution in [1.29, 1.82) is 0 Å². The summed E-state index contributed by atoms with van der Waals surface area (Å²) in [5, 5.41) is 3.25. The first kappa shape index (κ1) is 12.1. The minimum Gasteiger partial charge on any atom is -0.372 e. The van der Waals surface area contributed by atoms with Crippen LogP contribution in [0.15, 0.2) is 36.5 Å². The molecule has 0 saturated heterocycles. The molecule has 1 aliphatic heterocycles. The number of rotatable bonds is 2. The predicted octanol–water partition coefficient (Wildman–Crippen LogP) is 3.02. The van der Waals surface area contributed by atoms with Gasteiger partial charge in [0.05, 0.1) is 13.2 Å². The molecule has 0 bridgehead atoms. The number of hydrogen-bond donors (Lipinski definition) is 1. The Kier molecular flexibility index (Phi) is 3.19. The number of carbonyl (C=O) groups is 1. The topological polar surface area (TPSA) is 51.2 Å². The van der Waals surface area contributed by atoms with Crippen LogP contribution < -0.4 is 5.32 Å². The predicted molar refractivity (Wildman–Crippen MR) is 72.1 cm³/mol. The molecule has 1 amide bonds. The Hall–Kier alpha value is -1.91. The summed E-state index contributed by atoms with van der Waals surface area (Å²) in [7, 11) is 0. The first-order chi connectivity index (χ1) is 9.22. The number of fused-ring (bicyclic) bond motifs is 1. The minimum atomic E-state index is -0.204. The second-order valence-corrected chi connectivity index (χ2v) is 4.73. The van der Waals surface area contributed by atoms with Gasteiger partial charge >= 0.3 is 0 Å². The Morgan fingerprint density at radius 1 is 1.21 bits per heavy atom. The SMILES string of the molecule is O=C(Nc1cc(Cl)ccn1)c1ccc2c(c1)COC2. The molecule has 4 nitrogen and oxygen atoms in total. The molecule has 0 fully saturated rings. The number of nitrogens with zero attached hydrogens (tertiary/aromatic N) is 1. The van der Waals surface area contributed by atoms with Gasteiger partial charge in [0.15, 0.2) is 0 Å². The molecule has 2 heterocycles. The number of benzene rings is 1. The Bertz CT molecular complexity index is 643. The minimum absolute atomic E-state index is 0.204. The summed E-state index contributed by atoms with van der Waals surface area (Å²) in [6, 6.07) is 8.82. The number of carbonyl (C=O) groups excluding carboxylic acids is 1. The summed E-state index contributed by atoms with van der Waals surface area (Å²) >= 11 is 5.84. The molecular weight excluding hydrogens is 264 g/mol. The van der Waals surface area contributed by atoms with Gasteiger partial charge in [-0.1, -0.05) is 17.7 Å². The lowest BCUT2D eigenvalue weighted by molar-refractivity contribution is 0.102. The highest BCUT2D eigenvalue weighted by Crippen LogP contribution is 2.21. The molecule has 96 valence electrons. The monoisotopic (exact) mass is 274 g/mol. The van der Waals surface area contributed by atoms with E-state index in [9.17, 15) is 4.79 Å². The van der Waals surface area contributed by atoms with E-state index in [1.807, 2.05) is 12.1 Å². The number of pyridine rings is 1. The zero-order chi connectivity index (χ0) is 13.2. The van der Waals surface area contributed by atoms with Crippen molar-refractivity contribution in [2.45, 2.75) is 13.2 Å². The summed E-state index contributed by atoms with van der Waals surface area (Å²) in [6.45, 7) is 1.18.